The summed E-state index contributed by atoms with van der Waals surface area (Å²) in [6.45, 7) is 21.1. The Hall–Kier alpha value is -3.76. The molecular weight excluding hydrogens is 683 g/mol. The fraction of sp³-hybridized carbons (Fsp3) is 0.581. The molecule has 10 heteroatoms. The van der Waals surface area contributed by atoms with Gasteiger partial charge in [0.25, 0.3) is 0 Å². The molecule has 0 unspecified atom stereocenters. The van der Waals surface area contributed by atoms with Crippen LogP contribution in [0.1, 0.15) is 98.6 Å². The maximum atomic E-state index is 14.6. The monoisotopic (exact) mass is 747 g/mol. The lowest BCUT2D eigenvalue weighted by molar-refractivity contribution is -0.141. The lowest BCUT2D eigenvalue weighted by atomic mass is 9.89. The Bertz CT molecular complexity index is 1510. The number of hydrogen-bond donors (Lipinski definition) is 2. The van der Waals surface area contributed by atoms with Crippen LogP contribution in [0.3, 0.4) is 0 Å². The smallest absolute Gasteiger partial charge is 0.407 e. The number of nitrogens with zero attached hydrogens (tertiary/aromatic N) is 1. The molecule has 0 radical (unpaired) electrons. The quantitative estimate of drug-likeness (QED) is 0.167. The lowest BCUT2D eigenvalue weighted by Gasteiger charge is -2.42. The van der Waals surface area contributed by atoms with Crippen LogP contribution in [0.25, 0.3) is 6.08 Å². The molecular formula is C43H65N3O6Si. The van der Waals surface area contributed by atoms with E-state index < -0.39 is 44.1 Å². The number of allylic oxidation sites excluding steroid dienone is 1. The van der Waals surface area contributed by atoms with Crippen molar-refractivity contribution in [2.45, 2.75) is 136 Å². The van der Waals surface area contributed by atoms with E-state index in [-0.39, 0.29) is 28.6 Å². The van der Waals surface area contributed by atoms with Gasteiger partial charge in [-0.25, -0.2) is 4.79 Å². The fourth-order valence-electron chi connectivity index (χ4n) is 6.10. The second-order valence-corrected chi connectivity index (χ2v) is 21.8. The van der Waals surface area contributed by atoms with E-state index in [9.17, 15) is 19.2 Å². The highest BCUT2D eigenvalue weighted by Crippen LogP contribution is 2.39. The molecule has 2 aromatic carbocycles. The number of piperidine rings is 1. The summed E-state index contributed by atoms with van der Waals surface area (Å²) in [6.07, 6.45) is 5.42. The molecule has 0 bridgehead atoms. The summed E-state index contributed by atoms with van der Waals surface area (Å²) in [5.74, 6) is -0.953. The van der Waals surface area contributed by atoms with Gasteiger partial charge in [0.2, 0.25) is 11.8 Å². The van der Waals surface area contributed by atoms with Crippen LogP contribution in [0.5, 0.6) is 0 Å². The number of benzene rings is 2. The number of ether oxygens (including phenoxy) is 1. The molecule has 2 N–H and O–H groups in total. The van der Waals surface area contributed by atoms with Gasteiger partial charge in [-0.3, -0.25) is 14.4 Å². The molecule has 0 aliphatic carbocycles. The van der Waals surface area contributed by atoms with E-state index in [1.807, 2.05) is 107 Å². The van der Waals surface area contributed by atoms with Gasteiger partial charge < -0.3 is 24.7 Å². The SMILES string of the molecule is CC[C@H](C)[C@H](NC(=O)[C@H](CC=Cc1ccccc1)C[C@H](O[Si](C)(C)C(C)(C)C)[C@H](Cc1ccccc1)NC(=O)OC(C)(C)C)C(=O)N1CCC(=O)CC1. The zero-order valence-electron chi connectivity index (χ0n) is 33.9. The first kappa shape index (κ1) is 43.6. The number of carbonyl (C=O) groups is 4. The summed E-state index contributed by atoms with van der Waals surface area (Å²) >= 11 is 0. The topological polar surface area (TPSA) is 114 Å². The van der Waals surface area contributed by atoms with Crippen LogP contribution >= 0.6 is 0 Å². The Balaban J connectivity index is 2.07. The Kier molecular flexibility index (Phi) is 16.1. The minimum absolute atomic E-state index is 0.122. The Morgan fingerprint density at radius 2 is 1.49 bits per heavy atom. The van der Waals surface area contributed by atoms with Crippen molar-refractivity contribution in [1.29, 1.82) is 0 Å². The highest BCUT2D eigenvalue weighted by atomic mass is 28.4. The zero-order valence-corrected chi connectivity index (χ0v) is 34.9. The number of likely N-dealkylation sites (tertiary alicyclic amines) is 1. The summed E-state index contributed by atoms with van der Waals surface area (Å²) < 4.78 is 13.0. The first-order chi connectivity index (χ1) is 24.8. The third kappa shape index (κ3) is 14.2. The van der Waals surface area contributed by atoms with Gasteiger partial charge in [-0.05, 0) is 75.2 Å². The minimum atomic E-state index is -2.46. The predicted molar refractivity (Wildman–Crippen MR) is 216 cm³/mol. The molecule has 0 saturated carbocycles. The van der Waals surface area contributed by atoms with Crippen LogP contribution in [-0.4, -0.2) is 73.8 Å². The van der Waals surface area contributed by atoms with Crippen molar-refractivity contribution in [3.63, 3.8) is 0 Å². The summed E-state index contributed by atoms with van der Waals surface area (Å²) in [4.78, 5) is 55.7. The highest BCUT2D eigenvalue weighted by molar-refractivity contribution is 6.74. The van der Waals surface area contributed by atoms with Gasteiger partial charge in [0.05, 0.1) is 12.1 Å². The van der Waals surface area contributed by atoms with Crippen molar-refractivity contribution in [3.8, 4) is 0 Å². The van der Waals surface area contributed by atoms with Crippen LogP contribution in [0, 0.1) is 11.8 Å². The van der Waals surface area contributed by atoms with E-state index in [1.165, 1.54) is 0 Å². The molecule has 53 heavy (non-hydrogen) atoms. The summed E-state index contributed by atoms with van der Waals surface area (Å²) in [7, 11) is -2.46. The van der Waals surface area contributed by atoms with E-state index >= 15 is 0 Å². The Labute approximate surface area is 319 Å². The molecule has 292 valence electrons. The van der Waals surface area contributed by atoms with Crippen LogP contribution in [-0.2, 0) is 30.0 Å². The molecule has 1 aliphatic heterocycles. The molecule has 9 nitrogen and oxygen atoms in total. The van der Waals surface area contributed by atoms with Crippen molar-refractivity contribution in [3.05, 3.63) is 77.9 Å². The predicted octanol–water partition coefficient (Wildman–Crippen LogP) is 8.35. The summed E-state index contributed by atoms with van der Waals surface area (Å²) in [5, 5.41) is 6.18. The maximum Gasteiger partial charge on any atom is 0.407 e. The van der Waals surface area contributed by atoms with Gasteiger partial charge in [-0.2, -0.15) is 0 Å². The van der Waals surface area contributed by atoms with Crippen LogP contribution in [0.15, 0.2) is 66.7 Å². The number of Topliss-reactive ketones (excluding diaryl/α,β-unsaturated/α-hetero) is 1. The number of rotatable bonds is 16. The number of amides is 3. The third-order valence-corrected chi connectivity index (χ3v) is 15.0. The van der Waals surface area contributed by atoms with Gasteiger partial charge in [-0.15, -0.1) is 0 Å². The molecule has 0 aromatic heterocycles. The van der Waals surface area contributed by atoms with E-state index in [4.69, 9.17) is 9.16 Å². The van der Waals surface area contributed by atoms with Crippen LogP contribution in [0.4, 0.5) is 4.79 Å². The normalized spacial score (nSPS) is 17.1. The number of ketones is 1. The molecule has 3 amide bonds. The zero-order chi connectivity index (χ0) is 39.4. The lowest BCUT2D eigenvalue weighted by Crippen LogP contribution is -2.56. The number of alkyl carbamates (subject to hydrolysis) is 1. The third-order valence-electron chi connectivity index (χ3n) is 10.5. The molecule has 1 fully saturated rings. The van der Waals surface area contributed by atoms with Gasteiger partial charge in [0, 0.05) is 31.8 Å². The second-order valence-electron chi connectivity index (χ2n) is 17.1. The average molecular weight is 748 g/mol. The number of hydrogen-bond acceptors (Lipinski definition) is 6. The van der Waals surface area contributed by atoms with Gasteiger partial charge in [0.15, 0.2) is 8.32 Å². The van der Waals surface area contributed by atoms with Crippen molar-refractivity contribution in [1.82, 2.24) is 15.5 Å². The van der Waals surface area contributed by atoms with Crippen molar-refractivity contribution in [2.75, 3.05) is 13.1 Å². The second kappa shape index (κ2) is 19.5. The van der Waals surface area contributed by atoms with Gasteiger partial charge in [0.1, 0.15) is 17.4 Å². The highest BCUT2D eigenvalue weighted by Gasteiger charge is 2.43. The van der Waals surface area contributed by atoms with Crippen molar-refractivity contribution < 1.29 is 28.3 Å². The van der Waals surface area contributed by atoms with Gasteiger partial charge in [-0.1, -0.05) is 114 Å². The maximum absolute atomic E-state index is 14.6. The van der Waals surface area contributed by atoms with Crippen molar-refractivity contribution in [2.24, 2.45) is 11.8 Å². The summed E-state index contributed by atoms with van der Waals surface area (Å²) in [5.41, 5.74) is 1.33. The average Bonchev–Trinajstić information content (AvgIpc) is 3.08. The molecule has 1 saturated heterocycles. The minimum Gasteiger partial charge on any atom is -0.444 e. The van der Waals surface area contributed by atoms with E-state index in [0.717, 1.165) is 11.1 Å². The first-order valence-corrected chi connectivity index (χ1v) is 22.2. The molecule has 1 aliphatic rings. The van der Waals surface area contributed by atoms with E-state index in [0.29, 0.717) is 51.6 Å². The van der Waals surface area contributed by atoms with E-state index in [1.54, 1.807) is 4.90 Å². The fourth-order valence-corrected chi connectivity index (χ4v) is 7.47. The molecule has 5 atom stereocenters. The van der Waals surface area contributed by atoms with E-state index in [2.05, 4.69) is 44.5 Å². The molecule has 2 aromatic rings. The number of carbonyl (C=O) groups excluding carboxylic acids is 4. The first-order valence-electron chi connectivity index (χ1n) is 19.3. The Morgan fingerprint density at radius 1 is 0.906 bits per heavy atom. The Morgan fingerprint density at radius 3 is 2.04 bits per heavy atom. The van der Waals surface area contributed by atoms with Crippen LogP contribution < -0.4 is 10.6 Å². The largest absolute Gasteiger partial charge is 0.444 e. The molecule has 0 spiro atoms. The summed E-state index contributed by atoms with van der Waals surface area (Å²) in [6, 6.07) is 18.6. The van der Waals surface area contributed by atoms with Crippen molar-refractivity contribution >= 4 is 38.1 Å². The standard InChI is InChI=1S/C43H65N3O6Si/c1-11-31(2)38(40(49)46-27-25-35(47)26-28-46)45-39(48)34(24-18-23-32-19-14-12-15-20-32)30-37(52-53(9,10)43(6,7)8)36(29-33-21-16-13-17-22-33)44-41(50)51-42(3,4)5/h12-23,31,34,36-38H,11,24-30H2,1-10H3,(H,44,50)(H,45,48)/t31-,34+,36-,37-,38-/m0/s1. The van der Waals surface area contributed by atoms with Gasteiger partial charge >= 0.3 is 6.09 Å². The molecule has 3 rings (SSSR count). The molecule has 1 heterocycles. The number of nitrogens with one attached hydrogen (secondary N) is 2. The van der Waals surface area contributed by atoms with Crippen LogP contribution in [0.2, 0.25) is 18.1 Å².